The Balaban J connectivity index is 1.83. The molecule has 2 aromatic heterocycles. The van der Waals surface area contributed by atoms with Crippen LogP contribution in [-0.2, 0) is 6.54 Å². The quantitative estimate of drug-likeness (QED) is 0.771. The lowest BCUT2D eigenvalue weighted by Crippen LogP contribution is -2.28. The molecule has 2 aromatic rings. The van der Waals surface area contributed by atoms with E-state index in [1.54, 1.807) is 18.2 Å². The van der Waals surface area contributed by atoms with Crippen molar-refractivity contribution in [3.8, 4) is 0 Å². The Morgan fingerprint density at radius 1 is 1.32 bits per heavy atom. The van der Waals surface area contributed by atoms with Gasteiger partial charge in [-0.05, 0) is 12.1 Å². The molecule has 1 amide bonds. The van der Waals surface area contributed by atoms with Gasteiger partial charge in [-0.3, -0.25) is 9.78 Å². The van der Waals surface area contributed by atoms with Crippen LogP contribution in [0.3, 0.4) is 0 Å². The Morgan fingerprint density at radius 2 is 2.16 bits per heavy atom. The summed E-state index contributed by atoms with van der Waals surface area (Å²) >= 11 is 0. The molecule has 0 aromatic carbocycles. The highest BCUT2D eigenvalue weighted by Gasteiger charge is 2.09. The Labute approximate surface area is 108 Å². The number of amides is 1. The van der Waals surface area contributed by atoms with Gasteiger partial charge in [0, 0.05) is 12.7 Å². The summed E-state index contributed by atoms with van der Waals surface area (Å²) in [5.41, 5.74) is 0.198. The molecule has 0 bridgehead atoms. The number of nitrogens with one attached hydrogen (secondary N) is 1. The highest BCUT2D eigenvalue weighted by Crippen LogP contribution is 1.94. The molecule has 0 saturated heterocycles. The zero-order valence-corrected chi connectivity index (χ0v) is 9.85. The molecule has 0 aliphatic rings. The van der Waals surface area contributed by atoms with Crippen molar-refractivity contribution in [2.24, 2.45) is 0 Å². The monoisotopic (exact) mass is 261 g/mol. The number of carboxylic acid groups (broad SMARTS) is 1. The van der Waals surface area contributed by atoms with Gasteiger partial charge in [-0.15, -0.1) is 5.10 Å². The van der Waals surface area contributed by atoms with Crippen molar-refractivity contribution in [1.82, 2.24) is 25.3 Å². The van der Waals surface area contributed by atoms with Gasteiger partial charge in [0.25, 0.3) is 5.91 Å². The van der Waals surface area contributed by atoms with Gasteiger partial charge in [-0.1, -0.05) is 11.3 Å². The van der Waals surface area contributed by atoms with Crippen LogP contribution in [0.25, 0.3) is 0 Å². The lowest BCUT2D eigenvalue weighted by Gasteiger charge is -2.03. The molecule has 19 heavy (non-hydrogen) atoms. The van der Waals surface area contributed by atoms with Gasteiger partial charge in [0.2, 0.25) is 0 Å². The van der Waals surface area contributed by atoms with Crippen LogP contribution in [0.1, 0.15) is 21.0 Å². The maximum Gasteiger partial charge on any atom is 0.358 e. The molecule has 0 fully saturated rings. The summed E-state index contributed by atoms with van der Waals surface area (Å²) in [4.78, 5) is 26.1. The second kappa shape index (κ2) is 5.71. The third-order valence-corrected chi connectivity index (χ3v) is 2.28. The second-order valence-corrected chi connectivity index (χ2v) is 3.64. The maximum atomic E-state index is 11.6. The third kappa shape index (κ3) is 3.35. The highest BCUT2D eigenvalue weighted by molar-refractivity contribution is 5.92. The normalized spacial score (nSPS) is 10.1. The minimum Gasteiger partial charge on any atom is -0.476 e. The van der Waals surface area contributed by atoms with Crippen LogP contribution in [0.4, 0.5) is 0 Å². The van der Waals surface area contributed by atoms with Crippen molar-refractivity contribution in [1.29, 1.82) is 0 Å². The first kappa shape index (κ1) is 12.7. The highest BCUT2D eigenvalue weighted by atomic mass is 16.4. The number of hydrogen-bond acceptors (Lipinski definition) is 5. The Bertz CT molecular complexity index is 581. The Kier molecular flexibility index (Phi) is 3.81. The molecule has 8 nitrogen and oxygen atoms in total. The second-order valence-electron chi connectivity index (χ2n) is 3.64. The van der Waals surface area contributed by atoms with Gasteiger partial charge in [0.15, 0.2) is 5.69 Å². The van der Waals surface area contributed by atoms with Gasteiger partial charge in [0.1, 0.15) is 5.69 Å². The zero-order chi connectivity index (χ0) is 13.7. The van der Waals surface area contributed by atoms with Crippen LogP contribution in [0.2, 0.25) is 0 Å². The molecule has 0 unspecified atom stereocenters. The average Bonchev–Trinajstić information content (AvgIpc) is 2.89. The number of nitrogens with zero attached hydrogens (tertiary/aromatic N) is 4. The summed E-state index contributed by atoms with van der Waals surface area (Å²) < 4.78 is 1.35. The predicted molar refractivity (Wildman–Crippen MR) is 63.6 cm³/mol. The molecule has 98 valence electrons. The number of aromatic nitrogens is 4. The first-order valence-corrected chi connectivity index (χ1v) is 5.49. The fourth-order valence-corrected chi connectivity index (χ4v) is 1.38. The molecule has 2 heterocycles. The van der Waals surface area contributed by atoms with E-state index < -0.39 is 5.97 Å². The molecule has 0 saturated carbocycles. The fraction of sp³-hybridized carbons (Fsp3) is 0.182. The van der Waals surface area contributed by atoms with E-state index in [-0.39, 0.29) is 11.6 Å². The summed E-state index contributed by atoms with van der Waals surface area (Å²) in [5.74, 6) is -1.43. The van der Waals surface area contributed by atoms with E-state index in [9.17, 15) is 9.59 Å². The van der Waals surface area contributed by atoms with Crippen LogP contribution >= 0.6 is 0 Å². The number of rotatable bonds is 5. The summed E-state index contributed by atoms with van der Waals surface area (Å²) in [6.45, 7) is 0.636. The smallest absolute Gasteiger partial charge is 0.358 e. The molecule has 0 aliphatic heterocycles. The zero-order valence-electron chi connectivity index (χ0n) is 9.85. The van der Waals surface area contributed by atoms with Gasteiger partial charge in [-0.25, -0.2) is 9.48 Å². The van der Waals surface area contributed by atoms with Crippen molar-refractivity contribution in [2.45, 2.75) is 6.54 Å². The molecular weight excluding hydrogens is 250 g/mol. The largest absolute Gasteiger partial charge is 0.476 e. The molecule has 0 radical (unpaired) electrons. The topological polar surface area (TPSA) is 110 Å². The van der Waals surface area contributed by atoms with E-state index >= 15 is 0 Å². The van der Waals surface area contributed by atoms with Crippen molar-refractivity contribution < 1.29 is 14.7 Å². The van der Waals surface area contributed by atoms with E-state index in [1.165, 1.54) is 17.1 Å². The van der Waals surface area contributed by atoms with E-state index in [0.717, 1.165) is 0 Å². The van der Waals surface area contributed by atoms with Gasteiger partial charge < -0.3 is 10.4 Å². The summed E-state index contributed by atoms with van der Waals surface area (Å²) in [6.07, 6.45) is 2.83. The van der Waals surface area contributed by atoms with Crippen LogP contribution in [0.5, 0.6) is 0 Å². The van der Waals surface area contributed by atoms with Gasteiger partial charge in [0.05, 0.1) is 12.7 Å². The number of carbonyl (C=O) groups is 2. The van der Waals surface area contributed by atoms with Gasteiger partial charge in [-0.2, -0.15) is 0 Å². The lowest BCUT2D eigenvalue weighted by molar-refractivity contribution is 0.0690. The predicted octanol–water partition coefficient (Wildman–Crippen LogP) is -0.199. The number of pyridine rings is 1. The third-order valence-electron chi connectivity index (χ3n) is 2.28. The van der Waals surface area contributed by atoms with Crippen molar-refractivity contribution in [3.05, 3.63) is 42.0 Å². The summed E-state index contributed by atoms with van der Waals surface area (Å²) in [7, 11) is 0. The average molecular weight is 261 g/mol. The van der Waals surface area contributed by atoms with E-state index in [4.69, 9.17) is 5.11 Å². The minimum absolute atomic E-state index is 0.129. The van der Waals surface area contributed by atoms with Crippen LogP contribution in [0, 0.1) is 0 Å². The molecule has 2 rings (SSSR count). The van der Waals surface area contributed by atoms with E-state index in [2.05, 4.69) is 20.6 Å². The molecule has 2 N–H and O–H groups in total. The first-order valence-electron chi connectivity index (χ1n) is 5.49. The molecular formula is C11H11N5O3. The SMILES string of the molecule is O=C(O)c1cn(CCNC(=O)c2ccccn2)nn1. The molecule has 0 atom stereocenters. The van der Waals surface area contributed by atoms with E-state index in [0.29, 0.717) is 18.8 Å². The maximum absolute atomic E-state index is 11.6. The number of hydrogen-bond donors (Lipinski definition) is 2. The summed E-state index contributed by atoms with van der Waals surface area (Å²) in [5, 5.41) is 18.4. The van der Waals surface area contributed by atoms with Crippen molar-refractivity contribution >= 4 is 11.9 Å². The number of aromatic carboxylic acids is 1. The fourth-order valence-electron chi connectivity index (χ4n) is 1.38. The van der Waals surface area contributed by atoms with Crippen LogP contribution in [-0.4, -0.2) is 43.5 Å². The van der Waals surface area contributed by atoms with E-state index in [1.807, 2.05) is 0 Å². The first-order chi connectivity index (χ1) is 9.16. The molecule has 0 spiro atoms. The Hall–Kier alpha value is -2.77. The molecule has 0 aliphatic carbocycles. The van der Waals surface area contributed by atoms with Crippen molar-refractivity contribution in [3.63, 3.8) is 0 Å². The van der Waals surface area contributed by atoms with Gasteiger partial charge >= 0.3 is 5.97 Å². The minimum atomic E-state index is -1.14. The standard InChI is InChI=1S/C11H11N5O3/c17-10(8-3-1-2-4-12-8)13-5-6-16-7-9(11(18)19)14-15-16/h1-4,7H,5-6H2,(H,13,17)(H,18,19). The summed E-state index contributed by atoms with van der Waals surface area (Å²) in [6, 6.07) is 5.05. The number of carboxylic acids is 1. The van der Waals surface area contributed by atoms with Crippen molar-refractivity contribution in [2.75, 3.05) is 6.54 Å². The van der Waals surface area contributed by atoms with Crippen LogP contribution in [0.15, 0.2) is 30.6 Å². The molecule has 8 heteroatoms. The Morgan fingerprint density at radius 3 is 2.79 bits per heavy atom. The number of carbonyl (C=O) groups excluding carboxylic acids is 1. The van der Waals surface area contributed by atoms with Crippen LogP contribution < -0.4 is 5.32 Å². The lowest BCUT2D eigenvalue weighted by atomic mass is 10.3.